The molecule has 2 rings (SSSR count). The molecule has 20 heavy (non-hydrogen) atoms. The molecule has 0 spiro atoms. The quantitative estimate of drug-likeness (QED) is 0.765. The summed E-state index contributed by atoms with van der Waals surface area (Å²) in [5, 5.41) is 21.8. The van der Waals surface area contributed by atoms with Gasteiger partial charge in [0.1, 0.15) is 6.04 Å². The number of benzene rings is 1. The number of β-amino-alcohol motifs (C(OH)–C–C–N with tert-alkyl or cyclic N) is 1. The number of nitrogens with one attached hydrogen (secondary N) is 1. The molecule has 0 radical (unpaired) electrons. The van der Waals surface area contributed by atoms with Gasteiger partial charge in [0.05, 0.1) is 12.6 Å². The van der Waals surface area contributed by atoms with E-state index in [1.54, 1.807) is 24.3 Å². The van der Waals surface area contributed by atoms with Crippen molar-refractivity contribution >= 4 is 29.2 Å². The molecule has 1 fully saturated rings. The lowest BCUT2D eigenvalue weighted by Crippen LogP contribution is -2.41. The predicted molar refractivity (Wildman–Crippen MR) is 73.7 cm³/mol. The van der Waals surface area contributed by atoms with Gasteiger partial charge in [0.25, 0.3) is 0 Å². The van der Waals surface area contributed by atoms with E-state index in [0.29, 0.717) is 10.7 Å². The molecule has 2 atom stereocenters. The standard InChI is InChI=1S/C13H15ClN2O4/c14-8-1-3-9(4-2-8)15-12(18)7-16-6-10(17)5-11(16)13(19)20/h1-4,10-11,17H,5-7H2,(H,15,18)(H,19,20). The average Bonchev–Trinajstić information content (AvgIpc) is 2.73. The fourth-order valence-electron chi connectivity index (χ4n) is 2.23. The van der Waals surface area contributed by atoms with Gasteiger partial charge in [-0.05, 0) is 24.3 Å². The third-order valence-electron chi connectivity index (χ3n) is 3.14. The van der Waals surface area contributed by atoms with Crippen LogP contribution in [0.5, 0.6) is 0 Å². The summed E-state index contributed by atoms with van der Waals surface area (Å²) >= 11 is 5.74. The summed E-state index contributed by atoms with van der Waals surface area (Å²) in [6.45, 7) is 0.113. The minimum absolute atomic E-state index is 0.0728. The third-order valence-corrected chi connectivity index (χ3v) is 3.39. The topological polar surface area (TPSA) is 89.9 Å². The summed E-state index contributed by atoms with van der Waals surface area (Å²) in [5.74, 6) is -1.35. The second-order valence-electron chi connectivity index (χ2n) is 4.73. The summed E-state index contributed by atoms with van der Waals surface area (Å²) in [6.07, 6.45) is -0.566. The second-order valence-corrected chi connectivity index (χ2v) is 5.16. The molecule has 2 unspecified atom stereocenters. The summed E-state index contributed by atoms with van der Waals surface area (Å²) in [4.78, 5) is 24.4. The first kappa shape index (κ1) is 14.8. The highest BCUT2D eigenvalue weighted by Gasteiger charge is 2.36. The highest BCUT2D eigenvalue weighted by Crippen LogP contribution is 2.18. The lowest BCUT2D eigenvalue weighted by atomic mass is 10.2. The van der Waals surface area contributed by atoms with Gasteiger partial charge in [-0.1, -0.05) is 11.6 Å². The van der Waals surface area contributed by atoms with Gasteiger partial charge in [-0.15, -0.1) is 0 Å². The van der Waals surface area contributed by atoms with E-state index in [-0.39, 0.29) is 25.4 Å². The summed E-state index contributed by atoms with van der Waals surface area (Å²) in [6, 6.07) is 5.80. The van der Waals surface area contributed by atoms with Crippen LogP contribution in [0.15, 0.2) is 24.3 Å². The fourth-order valence-corrected chi connectivity index (χ4v) is 2.36. The van der Waals surface area contributed by atoms with E-state index < -0.39 is 18.1 Å². The van der Waals surface area contributed by atoms with Crippen molar-refractivity contribution in [2.75, 3.05) is 18.4 Å². The number of hydrogen-bond donors (Lipinski definition) is 3. The molecule has 7 heteroatoms. The Bertz CT molecular complexity index is 506. The van der Waals surface area contributed by atoms with E-state index in [1.165, 1.54) is 4.90 Å². The van der Waals surface area contributed by atoms with Crippen LogP contribution in [-0.4, -0.2) is 52.2 Å². The summed E-state index contributed by atoms with van der Waals surface area (Å²) in [5.41, 5.74) is 0.589. The maximum absolute atomic E-state index is 11.9. The van der Waals surface area contributed by atoms with Crippen LogP contribution in [-0.2, 0) is 9.59 Å². The molecule has 3 N–H and O–H groups in total. The van der Waals surface area contributed by atoms with Crippen molar-refractivity contribution in [2.45, 2.75) is 18.6 Å². The Morgan fingerprint density at radius 3 is 2.60 bits per heavy atom. The molecule has 108 valence electrons. The molecule has 1 aliphatic heterocycles. The number of halogens is 1. The summed E-state index contributed by atoms with van der Waals surface area (Å²) in [7, 11) is 0. The zero-order valence-corrected chi connectivity index (χ0v) is 11.4. The Labute approximate surface area is 121 Å². The van der Waals surface area contributed by atoms with Crippen molar-refractivity contribution in [1.82, 2.24) is 4.90 Å². The number of aliphatic carboxylic acids is 1. The maximum atomic E-state index is 11.9. The lowest BCUT2D eigenvalue weighted by Gasteiger charge is -2.19. The van der Waals surface area contributed by atoms with Gasteiger partial charge in [-0.25, -0.2) is 0 Å². The number of carboxylic acids is 1. The Kier molecular flexibility index (Phi) is 4.59. The monoisotopic (exact) mass is 298 g/mol. The van der Waals surface area contributed by atoms with Gasteiger partial charge < -0.3 is 15.5 Å². The van der Waals surface area contributed by atoms with Crippen molar-refractivity contribution in [1.29, 1.82) is 0 Å². The number of nitrogens with zero attached hydrogens (tertiary/aromatic N) is 1. The largest absolute Gasteiger partial charge is 0.480 e. The Morgan fingerprint density at radius 2 is 2.00 bits per heavy atom. The maximum Gasteiger partial charge on any atom is 0.321 e. The molecule has 0 bridgehead atoms. The SMILES string of the molecule is O=C(CN1CC(O)CC1C(=O)O)Nc1ccc(Cl)cc1. The van der Waals surface area contributed by atoms with Gasteiger partial charge in [-0.2, -0.15) is 0 Å². The summed E-state index contributed by atoms with van der Waals surface area (Å²) < 4.78 is 0. The van der Waals surface area contributed by atoms with Crippen LogP contribution in [0.4, 0.5) is 5.69 Å². The average molecular weight is 299 g/mol. The van der Waals surface area contributed by atoms with Crippen molar-refractivity contribution in [3.05, 3.63) is 29.3 Å². The molecule has 0 aromatic heterocycles. The van der Waals surface area contributed by atoms with E-state index in [1.807, 2.05) is 0 Å². The number of carboxylic acid groups (broad SMARTS) is 1. The fraction of sp³-hybridized carbons (Fsp3) is 0.385. The van der Waals surface area contributed by atoms with Gasteiger partial charge >= 0.3 is 5.97 Å². The van der Waals surface area contributed by atoms with E-state index in [2.05, 4.69) is 5.32 Å². The van der Waals surface area contributed by atoms with Crippen LogP contribution in [0, 0.1) is 0 Å². The first-order valence-electron chi connectivity index (χ1n) is 6.16. The number of hydrogen-bond acceptors (Lipinski definition) is 4. The number of aliphatic hydroxyl groups is 1. The van der Waals surface area contributed by atoms with Gasteiger partial charge in [0.2, 0.25) is 5.91 Å². The number of carbonyl (C=O) groups excluding carboxylic acids is 1. The van der Waals surface area contributed by atoms with Crippen molar-refractivity contribution < 1.29 is 19.8 Å². The number of likely N-dealkylation sites (tertiary alicyclic amines) is 1. The van der Waals surface area contributed by atoms with E-state index in [0.717, 1.165) is 0 Å². The number of aliphatic hydroxyl groups excluding tert-OH is 1. The Morgan fingerprint density at radius 1 is 1.35 bits per heavy atom. The lowest BCUT2D eigenvalue weighted by molar-refractivity contribution is -0.142. The van der Waals surface area contributed by atoms with E-state index >= 15 is 0 Å². The molecule has 6 nitrogen and oxygen atoms in total. The molecular formula is C13H15ClN2O4. The molecule has 1 saturated heterocycles. The highest BCUT2D eigenvalue weighted by molar-refractivity contribution is 6.30. The van der Waals surface area contributed by atoms with Crippen molar-refractivity contribution in [2.24, 2.45) is 0 Å². The van der Waals surface area contributed by atoms with Gasteiger partial charge in [-0.3, -0.25) is 14.5 Å². The molecule has 1 heterocycles. The zero-order chi connectivity index (χ0) is 14.7. The number of rotatable bonds is 4. The van der Waals surface area contributed by atoms with Crippen LogP contribution in [0.3, 0.4) is 0 Å². The van der Waals surface area contributed by atoms with Crippen LogP contribution < -0.4 is 5.32 Å². The number of anilines is 1. The van der Waals surface area contributed by atoms with Gasteiger partial charge in [0, 0.05) is 23.7 Å². The molecule has 1 amide bonds. The molecule has 1 aromatic carbocycles. The smallest absolute Gasteiger partial charge is 0.321 e. The van der Waals surface area contributed by atoms with Crippen LogP contribution in [0.2, 0.25) is 5.02 Å². The molecule has 1 aromatic rings. The minimum Gasteiger partial charge on any atom is -0.480 e. The van der Waals surface area contributed by atoms with E-state index in [4.69, 9.17) is 16.7 Å². The van der Waals surface area contributed by atoms with E-state index in [9.17, 15) is 14.7 Å². The Hall–Kier alpha value is -1.63. The first-order chi connectivity index (χ1) is 9.45. The molecule has 1 aliphatic rings. The molecular weight excluding hydrogens is 284 g/mol. The molecule has 0 saturated carbocycles. The third kappa shape index (κ3) is 3.69. The van der Waals surface area contributed by atoms with Crippen molar-refractivity contribution in [3.8, 4) is 0 Å². The normalized spacial score (nSPS) is 22.7. The highest BCUT2D eigenvalue weighted by atomic mass is 35.5. The minimum atomic E-state index is -1.03. The Balaban J connectivity index is 1.93. The predicted octanol–water partition coefficient (Wildman–Crippen LogP) is 0.798. The number of amides is 1. The first-order valence-corrected chi connectivity index (χ1v) is 6.54. The zero-order valence-electron chi connectivity index (χ0n) is 10.6. The van der Waals surface area contributed by atoms with Crippen LogP contribution in [0.25, 0.3) is 0 Å². The number of carbonyl (C=O) groups is 2. The molecule has 0 aliphatic carbocycles. The van der Waals surface area contributed by atoms with Gasteiger partial charge in [0.15, 0.2) is 0 Å². The van der Waals surface area contributed by atoms with Crippen molar-refractivity contribution in [3.63, 3.8) is 0 Å². The van der Waals surface area contributed by atoms with Crippen LogP contribution >= 0.6 is 11.6 Å². The van der Waals surface area contributed by atoms with Crippen LogP contribution in [0.1, 0.15) is 6.42 Å². The second kappa shape index (κ2) is 6.21.